The van der Waals surface area contributed by atoms with E-state index in [9.17, 15) is 0 Å². The second-order valence-corrected chi connectivity index (χ2v) is 8.15. The summed E-state index contributed by atoms with van der Waals surface area (Å²) in [6, 6.07) is 18.7. The Balaban J connectivity index is 1.42. The molecule has 164 valence electrons. The van der Waals surface area contributed by atoms with E-state index in [0.717, 1.165) is 55.5 Å². The van der Waals surface area contributed by atoms with Gasteiger partial charge in [0.05, 0.1) is 5.70 Å². The van der Waals surface area contributed by atoms with Gasteiger partial charge in [0.1, 0.15) is 5.84 Å². The van der Waals surface area contributed by atoms with E-state index < -0.39 is 0 Å². The van der Waals surface area contributed by atoms with Gasteiger partial charge in [0.2, 0.25) is 0 Å². The lowest BCUT2D eigenvalue weighted by Gasteiger charge is -2.39. The van der Waals surface area contributed by atoms with Gasteiger partial charge in [-0.05, 0) is 30.2 Å². The SMILES string of the molecule is C=C(Cc1ccccc1C)N1CCN(C2=NN(C(=NC)c3ccccc3)C(=C)C=C2)CC1. The first kappa shape index (κ1) is 21.6. The van der Waals surface area contributed by atoms with Crippen molar-refractivity contribution in [3.05, 3.63) is 108 Å². The smallest absolute Gasteiger partial charge is 0.156 e. The standard InChI is InChI=1S/C27H31N5/c1-21-10-8-9-13-25(21)20-23(3)30-16-18-31(19-17-30)26-15-14-22(2)32(29-26)27(28-4)24-11-6-5-7-12-24/h5-15H,2-3,16-20H2,1,4H3. The predicted molar refractivity (Wildman–Crippen MR) is 134 cm³/mol. The number of allylic oxidation sites excluding steroid dienone is 2. The van der Waals surface area contributed by atoms with Crippen LogP contribution in [0.15, 0.2) is 101 Å². The molecule has 2 aromatic rings. The van der Waals surface area contributed by atoms with Crippen molar-refractivity contribution in [3.8, 4) is 0 Å². The topological polar surface area (TPSA) is 34.4 Å². The molecule has 0 bridgehead atoms. The van der Waals surface area contributed by atoms with Gasteiger partial charge < -0.3 is 9.80 Å². The molecule has 2 aromatic carbocycles. The first-order valence-corrected chi connectivity index (χ1v) is 11.1. The summed E-state index contributed by atoms with van der Waals surface area (Å²) >= 11 is 0. The third-order valence-electron chi connectivity index (χ3n) is 6.05. The van der Waals surface area contributed by atoms with E-state index in [-0.39, 0.29) is 0 Å². The number of aryl methyl sites for hydroxylation is 1. The molecule has 1 saturated heterocycles. The minimum absolute atomic E-state index is 0.794. The monoisotopic (exact) mass is 425 g/mol. The predicted octanol–water partition coefficient (Wildman–Crippen LogP) is 4.44. The summed E-state index contributed by atoms with van der Waals surface area (Å²) in [6.45, 7) is 14.4. The maximum Gasteiger partial charge on any atom is 0.156 e. The highest BCUT2D eigenvalue weighted by atomic mass is 15.5. The van der Waals surface area contributed by atoms with Gasteiger partial charge in [-0.25, -0.2) is 5.01 Å². The summed E-state index contributed by atoms with van der Waals surface area (Å²) in [6.07, 6.45) is 4.96. The molecule has 1 fully saturated rings. The zero-order chi connectivity index (χ0) is 22.5. The van der Waals surface area contributed by atoms with Gasteiger partial charge in [-0.2, -0.15) is 0 Å². The van der Waals surface area contributed by atoms with Crippen molar-refractivity contribution < 1.29 is 0 Å². The van der Waals surface area contributed by atoms with Gasteiger partial charge in [-0.15, -0.1) is 5.10 Å². The number of hydrazone groups is 1. The lowest BCUT2D eigenvalue weighted by molar-refractivity contribution is 0.218. The summed E-state index contributed by atoms with van der Waals surface area (Å²) in [5.41, 5.74) is 5.68. The molecule has 5 heteroatoms. The summed E-state index contributed by atoms with van der Waals surface area (Å²) in [5.74, 6) is 1.74. The normalized spacial score (nSPS) is 16.9. The van der Waals surface area contributed by atoms with Crippen LogP contribution in [0.5, 0.6) is 0 Å². The molecule has 0 radical (unpaired) electrons. The van der Waals surface area contributed by atoms with Crippen molar-refractivity contribution in [2.45, 2.75) is 13.3 Å². The first-order valence-electron chi connectivity index (χ1n) is 11.1. The minimum Gasteiger partial charge on any atom is -0.371 e. The Hall–Kier alpha value is -3.60. The van der Waals surface area contributed by atoms with Crippen LogP contribution >= 0.6 is 0 Å². The number of amidine groups is 2. The minimum atomic E-state index is 0.794. The lowest BCUT2D eigenvalue weighted by Crippen LogP contribution is -2.49. The number of hydrogen-bond donors (Lipinski definition) is 0. The van der Waals surface area contributed by atoms with Crippen LogP contribution in [-0.4, -0.2) is 59.7 Å². The average Bonchev–Trinajstić information content (AvgIpc) is 2.83. The highest BCUT2D eigenvalue weighted by Gasteiger charge is 2.24. The highest BCUT2D eigenvalue weighted by molar-refractivity contribution is 6.03. The van der Waals surface area contributed by atoms with E-state index in [1.165, 1.54) is 16.8 Å². The van der Waals surface area contributed by atoms with E-state index in [1.54, 1.807) is 7.05 Å². The van der Waals surface area contributed by atoms with E-state index in [2.05, 4.69) is 65.2 Å². The molecule has 4 rings (SSSR count). The molecule has 0 unspecified atom stereocenters. The Morgan fingerprint density at radius 1 is 0.969 bits per heavy atom. The number of hydrogen-bond acceptors (Lipinski definition) is 4. The number of rotatable bonds is 4. The number of nitrogens with zero attached hydrogens (tertiary/aromatic N) is 5. The molecule has 2 aliphatic rings. The average molecular weight is 426 g/mol. The molecular weight excluding hydrogens is 394 g/mol. The van der Waals surface area contributed by atoms with Crippen LogP contribution in [0.3, 0.4) is 0 Å². The number of benzene rings is 2. The quantitative estimate of drug-likeness (QED) is 0.536. The van der Waals surface area contributed by atoms with Crippen LogP contribution in [0.4, 0.5) is 0 Å². The zero-order valence-electron chi connectivity index (χ0n) is 19.0. The van der Waals surface area contributed by atoms with Crippen LogP contribution < -0.4 is 0 Å². The van der Waals surface area contributed by atoms with Crippen molar-refractivity contribution in [1.82, 2.24) is 14.8 Å². The van der Waals surface area contributed by atoms with E-state index in [4.69, 9.17) is 5.10 Å². The molecular formula is C27H31N5. The van der Waals surface area contributed by atoms with Crippen LogP contribution in [-0.2, 0) is 6.42 Å². The van der Waals surface area contributed by atoms with Crippen LogP contribution in [0.25, 0.3) is 0 Å². The molecule has 0 atom stereocenters. The molecule has 0 aliphatic carbocycles. The van der Waals surface area contributed by atoms with E-state index >= 15 is 0 Å². The number of aliphatic imine (C=N–C) groups is 1. The molecule has 2 aliphatic heterocycles. The fourth-order valence-electron chi connectivity index (χ4n) is 4.12. The Kier molecular flexibility index (Phi) is 6.55. The number of piperazine rings is 1. The van der Waals surface area contributed by atoms with Crippen molar-refractivity contribution in [3.63, 3.8) is 0 Å². The Bertz CT molecular complexity index is 1070. The van der Waals surface area contributed by atoms with Crippen molar-refractivity contribution in [2.24, 2.45) is 10.1 Å². The van der Waals surface area contributed by atoms with Crippen LogP contribution in [0.2, 0.25) is 0 Å². The third kappa shape index (κ3) is 4.67. The Labute approximate surface area is 191 Å². The van der Waals surface area contributed by atoms with Crippen molar-refractivity contribution in [2.75, 3.05) is 33.2 Å². The molecule has 5 nitrogen and oxygen atoms in total. The molecule has 0 aromatic heterocycles. The molecule has 2 heterocycles. The maximum atomic E-state index is 4.90. The lowest BCUT2D eigenvalue weighted by atomic mass is 10.0. The summed E-state index contributed by atoms with van der Waals surface area (Å²) < 4.78 is 0. The zero-order valence-corrected chi connectivity index (χ0v) is 19.0. The largest absolute Gasteiger partial charge is 0.371 e. The second kappa shape index (κ2) is 9.69. The van der Waals surface area contributed by atoms with Gasteiger partial charge in [-0.3, -0.25) is 4.99 Å². The molecule has 0 amide bonds. The summed E-state index contributed by atoms with van der Waals surface area (Å²) in [4.78, 5) is 9.22. The third-order valence-corrected chi connectivity index (χ3v) is 6.05. The van der Waals surface area contributed by atoms with E-state index in [0.29, 0.717) is 0 Å². The van der Waals surface area contributed by atoms with Gasteiger partial charge in [0.15, 0.2) is 5.84 Å². The highest BCUT2D eigenvalue weighted by Crippen LogP contribution is 2.20. The van der Waals surface area contributed by atoms with Gasteiger partial charge in [0, 0.05) is 50.9 Å². The first-order chi connectivity index (χ1) is 15.6. The Morgan fingerprint density at radius 2 is 1.66 bits per heavy atom. The van der Waals surface area contributed by atoms with Crippen molar-refractivity contribution in [1.29, 1.82) is 0 Å². The maximum absolute atomic E-state index is 4.90. The molecule has 0 saturated carbocycles. The van der Waals surface area contributed by atoms with Crippen LogP contribution in [0, 0.1) is 6.92 Å². The fraction of sp³-hybridized carbons (Fsp3) is 0.259. The van der Waals surface area contributed by atoms with E-state index in [1.807, 2.05) is 41.4 Å². The summed E-state index contributed by atoms with van der Waals surface area (Å²) in [5, 5.41) is 6.74. The fourth-order valence-corrected chi connectivity index (χ4v) is 4.12. The van der Waals surface area contributed by atoms with Gasteiger partial charge in [-0.1, -0.05) is 67.8 Å². The van der Waals surface area contributed by atoms with Crippen LogP contribution in [0.1, 0.15) is 16.7 Å². The van der Waals surface area contributed by atoms with Crippen molar-refractivity contribution >= 4 is 11.7 Å². The van der Waals surface area contributed by atoms with Gasteiger partial charge >= 0.3 is 0 Å². The Morgan fingerprint density at radius 3 is 2.34 bits per heavy atom. The summed E-state index contributed by atoms with van der Waals surface area (Å²) in [7, 11) is 1.79. The molecule has 0 N–H and O–H groups in total. The molecule has 32 heavy (non-hydrogen) atoms. The molecule has 0 spiro atoms. The second-order valence-electron chi connectivity index (χ2n) is 8.15. The van der Waals surface area contributed by atoms with Gasteiger partial charge in [0.25, 0.3) is 0 Å².